The number of methoxy groups -OCH3 is 2. The summed E-state index contributed by atoms with van der Waals surface area (Å²) in [6.45, 7) is 6.09. The Kier molecular flexibility index (Phi) is 9.72. The quantitative estimate of drug-likeness (QED) is 0.270. The summed E-state index contributed by atoms with van der Waals surface area (Å²) in [5.74, 6) is 1.24. The highest BCUT2D eigenvalue weighted by atomic mass is 32.2. The molecule has 0 fully saturated rings. The van der Waals surface area contributed by atoms with Crippen molar-refractivity contribution in [3.63, 3.8) is 0 Å². The van der Waals surface area contributed by atoms with Crippen molar-refractivity contribution < 1.29 is 27.4 Å². The van der Waals surface area contributed by atoms with E-state index in [1.165, 1.54) is 38.6 Å². The topological polar surface area (TPSA) is 107 Å². The molecule has 3 aromatic rings. The van der Waals surface area contributed by atoms with Crippen LogP contribution in [0.25, 0.3) is 0 Å². The zero-order valence-corrected chi connectivity index (χ0v) is 23.0. The maximum atomic E-state index is 13.6. The van der Waals surface area contributed by atoms with E-state index in [-0.39, 0.29) is 16.3 Å². The molecule has 0 atom stereocenters. The molecule has 1 N–H and O–H groups in total. The first-order valence-corrected chi connectivity index (χ1v) is 13.4. The van der Waals surface area contributed by atoms with Gasteiger partial charge in [-0.2, -0.15) is 5.10 Å². The maximum Gasteiger partial charge on any atom is 0.264 e. The maximum absolute atomic E-state index is 13.6. The molecule has 0 aromatic heterocycles. The molecular formula is C28H33N3O6S. The highest BCUT2D eigenvalue weighted by Gasteiger charge is 2.29. The number of carbonyl (C=O) groups is 1. The normalized spacial score (nSPS) is 11.4. The number of hydrogen-bond acceptors (Lipinski definition) is 7. The number of rotatable bonds is 12. The fraction of sp³-hybridized carbons (Fsp3) is 0.286. The van der Waals surface area contributed by atoms with Crippen LogP contribution in [0.2, 0.25) is 0 Å². The summed E-state index contributed by atoms with van der Waals surface area (Å²) in [5, 5.41) is 3.99. The van der Waals surface area contributed by atoms with Crippen molar-refractivity contribution in [1.29, 1.82) is 0 Å². The fourth-order valence-corrected chi connectivity index (χ4v) is 4.82. The largest absolute Gasteiger partial charge is 0.497 e. The Balaban J connectivity index is 1.81. The van der Waals surface area contributed by atoms with Crippen molar-refractivity contribution in [3.8, 4) is 17.2 Å². The lowest BCUT2D eigenvalue weighted by Gasteiger charge is -2.25. The first kappa shape index (κ1) is 28.5. The van der Waals surface area contributed by atoms with E-state index < -0.39 is 22.5 Å². The number of aryl methyl sites for hydroxylation is 1. The van der Waals surface area contributed by atoms with Crippen LogP contribution in [0.1, 0.15) is 25.0 Å². The predicted octanol–water partition coefficient (Wildman–Crippen LogP) is 4.39. The lowest BCUT2D eigenvalue weighted by molar-refractivity contribution is -0.119. The van der Waals surface area contributed by atoms with E-state index in [2.05, 4.69) is 24.4 Å². The summed E-state index contributed by atoms with van der Waals surface area (Å²) in [5.41, 5.74) is 4.24. The van der Waals surface area contributed by atoms with Gasteiger partial charge in [-0.15, -0.1) is 0 Å². The SMILES string of the molecule is COc1ccc(N(CC(=O)N/N=C\c2ccc(OCC(C)C)cc2)S(=O)(=O)c2ccc(C)cc2)c(OC)c1. The molecular weight excluding hydrogens is 506 g/mol. The van der Waals surface area contributed by atoms with Gasteiger partial charge in [0.1, 0.15) is 23.8 Å². The molecule has 0 bridgehead atoms. The first-order chi connectivity index (χ1) is 18.1. The molecule has 10 heteroatoms. The zero-order valence-electron chi connectivity index (χ0n) is 22.2. The number of amides is 1. The van der Waals surface area contributed by atoms with Gasteiger partial charge >= 0.3 is 0 Å². The second-order valence-corrected chi connectivity index (χ2v) is 10.8. The number of nitrogens with zero attached hydrogens (tertiary/aromatic N) is 2. The molecule has 0 radical (unpaired) electrons. The third-order valence-electron chi connectivity index (χ3n) is 5.42. The van der Waals surface area contributed by atoms with Gasteiger partial charge in [0.05, 0.1) is 37.6 Å². The van der Waals surface area contributed by atoms with E-state index in [0.717, 1.165) is 21.2 Å². The second-order valence-electron chi connectivity index (χ2n) is 8.93. The standard InChI is InChI=1S/C28H33N3O6S/c1-20(2)19-37-23-10-8-22(9-11-23)17-29-30-28(32)18-31(26-15-12-24(35-4)16-27(26)36-5)38(33,34)25-13-6-21(3)7-14-25/h6-17,20H,18-19H2,1-5H3,(H,30,32)/b29-17-. The van der Waals surface area contributed by atoms with Gasteiger partial charge in [0.25, 0.3) is 15.9 Å². The van der Waals surface area contributed by atoms with Crippen molar-refractivity contribution in [2.45, 2.75) is 25.7 Å². The summed E-state index contributed by atoms with van der Waals surface area (Å²) in [4.78, 5) is 12.9. The third-order valence-corrected chi connectivity index (χ3v) is 7.19. The molecule has 202 valence electrons. The molecule has 0 aliphatic carbocycles. The number of hydrazone groups is 1. The van der Waals surface area contributed by atoms with Crippen LogP contribution in [-0.2, 0) is 14.8 Å². The average Bonchev–Trinajstić information content (AvgIpc) is 2.91. The van der Waals surface area contributed by atoms with E-state index in [1.54, 1.807) is 24.3 Å². The van der Waals surface area contributed by atoms with Gasteiger partial charge in [0.2, 0.25) is 0 Å². The Morgan fingerprint density at radius 1 is 0.974 bits per heavy atom. The van der Waals surface area contributed by atoms with Crippen LogP contribution >= 0.6 is 0 Å². The van der Waals surface area contributed by atoms with E-state index in [4.69, 9.17) is 14.2 Å². The number of ether oxygens (including phenoxy) is 3. The number of benzene rings is 3. The van der Waals surface area contributed by atoms with Crippen molar-refractivity contribution in [3.05, 3.63) is 77.9 Å². The van der Waals surface area contributed by atoms with Gasteiger partial charge < -0.3 is 14.2 Å². The monoisotopic (exact) mass is 539 g/mol. The Bertz CT molecular complexity index is 1350. The Morgan fingerprint density at radius 2 is 1.63 bits per heavy atom. The fourth-order valence-electron chi connectivity index (χ4n) is 3.39. The molecule has 0 aliphatic heterocycles. The van der Waals surface area contributed by atoms with Crippen LogP contribution in [0.15, 0.2) is 76.7 Å². The van der Waals surface area contributed by atoms with Crippen LogP contribution in [0.3, 0.4) is 0 Å². The molecule has 9 nitrogen and oxygen atoms in total. The number of sulfonamides is 1. The van der Waals surface area contributed by atoms with Crippen LogP contribution in [0.5, 0.6) is 17.2 Å². The van der Waals surface area contributed by atoms with Crippen molar-refractivity contribution >= 4 is 27.8 Å². The van der Waals surface area contributed by atoms with Crippen molar-refractivity contribution in [2.75, 3.05) is 31.7 Å². The van der Waals surface area contributed by atoms with E-state index in [1.807, 2.05) is 31.2 Å². The number of anilines is 1. The number of nitrogens with one attached hydrogen (secondary N) is 1. The minimum Gasteiger partial charge on any atom is -0.497 e. The number of carbonyl (C=O) groups excluding carboxylic acids is 1. The van der Waals surface area contributed by atoms with Gasteiger partial charge in [-0.05, 0) is 66.9 Å². The van der Waals surface area contributed by atoms with Crippen molar-refractivity contribution in [2.24, 2.45) is 11.0 Å². The Labute approximate surface area is 224 Å². The van der Waals surface area contributed by atoms with Gasteiger partial charge in [-0.1, -0.05) is 31.5 Å². The Morgan fingerprint density at radius 3 is 2.24 bits per heavy atom. The van der Waals surface area contributed by atoms with Gasteiger partial charge in [0.15, 0.2) is 0 Å². The number of hydrogen-bond donors (Lipinski definition) is 1. The van der Waals surface area contributed by atoms with Crippen LogP contribution < -0.4 is 23.9 Å². The zero-order chi connectivity index (χ0) is 27.7. The lowest BCUT2D eigenvalue weighted by atomic mass is 10.2. The first-order valence-electron chi connectivity index (χ1n) is 12.0. The minimum absolute atomic E-state index is 0.0389. The molecule has 1 amide bonds. The smallest absolute Gasteiger partial charge is 0.264 e. The highest BCUT2D eigenvalue weighted by Crippen LogP contribution is 2.35. The van der Waals surface area contributed by atoms with E-state index in [9.17, 15) is 13.2 Å². The molecule has 3 aromatic carbocycles. The van der Waals surface area contributed by atoms with Crippen LogP contribution in [0, 0.1) is 12.8 Å². The summed E-state index contributed by atoms with van der Waals surface area (Å²) in [7, 11) is -1.22. The van der Waals surface area contributed by atoms with Crippen LogP contribution in [0.4, 0.5) is 5.69 Å². The Hall–Kier alpha value is -4.05. The lowest BCUT2D eigenvalue weighted by Crippen LogP contribution is -2.39. The van der Waals surface area contributed by atoms with E-state index >= 15 is 0 Å². The van der Waals surface area contributed by atoms with Gasteiger partial charge in [0, 0.05) is 6.07 Å². The molecule has 0 saturated carbocycles. The summed E-state index contributed by atoms with van der Waals surface area (Å²) < 4.78 is 44.6. The van der Waals surface area contributed by atoms with Crippen LogP contribution in [-0.4, -0.2) is 47.9 Å². The summed E-state index contributed by atoms with van der Waals surface area (Å²) >= 11 is 0. The second kappa shape index (κ2) is 13.0. The molecule has 0 unspecified atom stereocenters. The van der Waals surface area contributed by atoms with Gasteiger partial charge in [-0.25, -0.2) is 13.8 Å². The van der Waals surface area contributed by atoms with Gasteiger partial charge in [-0.3, -0.25) is 9.10 Å². The highest BCUT2D eigenvalue weighted by molar-refractivity contribution is 7.92. The molecule has 0 spiro atoms. The average molecular weight is 540 g/mol. The molecule has 0 aliphatic rings. The molecule has 38 heavy (non-hydrogen) atoms. The van der Waals surface area contributed by atoms with Crippen molar-refractivity contribution in [1.82, 2.24) is 5.43 Å². The molecule has 0 heterocycles. The summed E-state index contributed by atoms with van der Waals surface area (Å²) in [6, 6.07) is 18.3. The van der Waals surface area contributed by atoms with E-state index in [0.29, 0.717) is 18.3 Å². The predicted molar refractivity (Wildman–Crippen MR) is 148 cm³/mol. The third kappa shape index (κ3) is 7.48. The summed E-state index contributed by atoms with van der Waals surface area (Å²) in [6.07, 6.45) is 1.47. The molecule has 0 saturated heterocycles. The minimum atomic E-state index is -4.13. The molecule has 3 rings (SSSR count).